The number of Topliss-reactive ketones (excluding diaryl/α,β-unsaturated/α-hetero) is 1. The van der Waals surface area contributed by atoms with Crippen molar-refractivity contribution in [3.05, 3.63) is 83.2 Å². The Bertz CT molecular complexity index is 688. The maximum atomic E-state index is 13.4. The van der Waals surface area contributed by atoms with Crippen molar-refractivity contribution >= 4 is 5.78 Å². The Balaban J connectivity index is 2.21. The number of allylic oxidation sites excluding steroid dienone is 1. The lowest BCUT2D eigenvalue weighted by Crippen LogP contribution is -2.12. The molecule has 0 spiro atoms. The van der Waals surface area contributed by atoms with Crippen LogP contribution >= 0.6 is 0 Å². The highest BCUT2D eigenvalue weighted by molar-refractivity contribution is 6.03. The van der Waals surface area contributed by atoms with Crippen molar-refractivity contribution in [2.24, 2.45) is 0 Å². The van der Waals surface area contributed by atoms with Gasteiger partial charge in [-0.3, -0.25) is 4.79 Å². The summed E-state index contributed by atoms with van der Waals surface area (Å²) < 4.78 is 13.4. The van der Waals surface area contributed by atoms with Gasteiger partial charge in [0.05, 0.1) is 5.92 Å². The zero-order chi connectivity index (χ0) is 14.1. The van der Waals surface area contributed by atoms with Gasteiger partial charge >= 0.3 is 0 Å². The summed E-state index contributed by atoms with van der Waals surface area (Å²) in [6, 6.07) is 12.3. The molecule has 2 aromatic rings. The Morgan fingerprint density at radius 3 is 2.80 bits per heavy atom. The lowest BCUT2D eigenvalue weighted by atomic mass is 9.88. The Morgan fingerprint density at radius 2 is 2.00 bits per heavy atom. The molecule has 0 radical (unpaired) electrons. The van der Waals surface area contributed by atoms with Crippen LogP contribution in [0.25, 0.3) is 0 Å². The van der Waals surface area contributed by atoms with Crippen LogP contribution in [0.1, 0.15) is 39.4 Å². The molecule has 0 amide bonds. The van der Waals surface area contributed by atoms with E-state index < -0.39 is 0 Å². The average Bonchev–Trinajstić information content (AvgIpc) is 2.55. The topological polar surface area (TPSA) is 17.1 Å². The first-order valence-corrected chi connectivity index (χ1v) is 6.72. The van der Waals surface area contributed by atoms with Crippen molar-refractivity contribution in [1.29, 1.82) is 0 Å². The number of hydrogen-bond donors (Lipinski definition) is 0. The highest BCUT2D eigenvalue weighted by Crippen LogP contribution is 2.34. The maximum absolute atomic E-state index is 13.4. The molecular weight excluding hydrogens is 251 g/mol. The lowest BCUT2D eigenvalue weighted by molar-refractivity contribution is 0.0960. The van der Waals surface area contributed by atoms with Crippen molar-refractivity contribution in [3.8, 4) is 0 Å². The van der Waals surface area contributed by atoms with Crippen LogP contribution in [0.4, 0.5) is 4.39 Å². The first-order valence-electron chi connectivity index (χ1n) is 6.72. The van der Waals surface area contributed by atoms with Gasteiger partial charge in [-0.2, -0.15) is 0 Å². The van der Waals surface area contributed by atoms with Gasteiger partial charge in [0.25, 0.3) is 0 Å². The molecule has 1 aliphatic rings. The third kappa shape index (κ3) is 2.07. The summed E-state index contributed by atoms with van der Waals surface area (Å²) in [4.78, 5) is 12.7. The summed E-state index contributed by atoms with van der Waals surface area (Å²) in [5.74, 6) is -0.448. The molecule has 1 atom stereocenters. The molecule has 0 saturated heterocycles. The summed E-state index contributed by atoms with van der Waals surface area (Å²) in [5, 5.41) is 0. The van der Waals surface area contributed by atoms with Gasteiger partial charge < -0.3 is 0 Å². The number of rotatable bonds is 2. The molecule has 1 nitrogen and oxygen atoms in total. The minimum Gasteiger partial charge on any atom is -0.293 e. The van der Waals surface area contributed by atoms with E-state index in [0.717, 1.165) is 16.7 Å². The van der Waals surface area contributed by atoms with Crippen LogP contribution in [0.15, 0.2) is 55.1 Å². The molecular formula is C18H15FO. The molecule has 0 fully saturated rings. The predicted molar refractivity (Wildman–Crippen MR) is 77.5 cm³/mol. The number of ketones is 1. The Morgan fingerprint density at radius 1 is 1.20 bits per heavy atom. The predicted octanol–water partition coefficient (Wildman–Crippen LogP) is 4.27. The first kappa shape index (κ1) is 12.8. The van der Waals surface area contributed by atoms with E-state index in [9.17, 15) is 9.18 Å². The quantitative estimate of drug-likeness (QED) is 0.742. The second-order valence-corrected chi connectivity index (χ2v) is 5.12. The molecule has 0 heterocycles. The zero-order valence-electron chi connectivity index (χ0n) is 11.1. The molecule has 0 saturated carbocycles. The Kier molecular flexibility index (Phi) is 3.23. The standard InChI is InChI=1S/C18H15FO/c1-2-5-17-15-7-4-3-6-12(15)10-13-11-14(19)8-9-16(13)18(17)20/h2-4,6-9,11,17H,1,5,10H2. The summed E-state index contributed by atoms with van der Waals surface area (Å²) in [6.07, 6.45) is 2.98. The molecule has 0 N–H and O–H groups in total. The van der Waals surface area contributed by atoms with E-state index in [1.165, 1.54) is 12.1 Å². The van der Waals surface area contributed by atoms with E-state index >= 15 is 0 Å². The molecule has 1 unspecified atom stereocenters. The largest absolute Gasteiger partial charge is 0.293 e. The van der Waals surface area contributed by atoms with Crippen LogP contribution in [-0.2, 0) is 6.42 Å². The van der Waals surface area contributed by atoms with Gasteiger partial charge in [0.15, 0.2) is 5.78 Å². The molecule has 2 heteroatoms. The molecule has 2 aromatic carbocycles. The normalized spacial score (nSPS) is 17.1. The van der Waals surface area contributed by atoms with Gasteiger partial charge in [0.1, 0.15) is 5.82 Å². The highest BCUT2D eigenvalue weighted by atomic mass is 19.1. The van der Waals surface area contributed by atoms with Crippen LogP contribution in [0.5, 0.6) is 0 Å². The minimum absolute atomic E-state index is 0.0600. The second kappa shape index (κ2) is 5.04. The monoisotopic (exact) mass is 266 g/mol. The molecule has 0 aromatic heterocycles. The van der Waals surface area contributed by atoms with Gasteiger partial charge in [0, 0.05) is 5.56 Å². The molecule has 1 aliphatic carbocycles. The number of carbonyl (C=O) groups is 1. The van der Waals surface area contributed by atoms with Crippen molar-refractivity contribution in [3.63, 3.8) is 0 Å². The SMILES string of the molecule is C=CCC1C(=O)c2ccc(F)cc2Cc2ccccc21. The zero-order valence-corrected chi connectivity index (χ0v) is 11.1. The first-order chi connectivity index (χ1) is 9.70. The lowest BCUT2D eigenvalue weighted by Gasteiger charge is -2.14. The molecule has 0 aliphatic heterocycles. The second-order valence-electron chi connectivity index (χ2n) is 5.12. The van der Waals surface area contributed by atoms with E-state index in [1.807, 2.05) is 24.3 Å². The molecule has 100 valence electrons. The third-order valence-corrected chi connectivity index (χ3v) is 3.86. The van der Waals surface area contributed by atoms with E-state index in [1.54, 1.807) is 12.1 Å². The van der Waals surface area contributed by atoms with Gasteiger partial charge in [-0.1, -0.05) is 30.3 Å². The number of hydrogen-bond acceptors (Lipinski definition) is 1. The third-order valence-electron chi connectivity index (χ3n) is 3.86. The fourth-order valence-corrected chi connectivity index (χ4v) is 2.92. The van der Waals surface area contributed by atoms with E-state index in [2.05, 4.69) is 6.58 Å². The number of benzene rings is 2. The molecule has 20 heavy (non-hydrogen) atoms. The van der Waals surface area contributed by atoms with Crippen LogP contribution in [0.3, 0.4) is 0 Å². The fraction of sp³-hybridized carbons (Fsp3) is 0.167. The van der Waals surface area contributed by atoms with E-state index in [4.69, 9.17) is 0 Å². The molecule has 3 rings (SSSR count). The van der Waals surface area contributed by atoms with Gasteiger partial charge in [-0.05, 0) is 47.7 Å². The minimum atomic E-state index is -0.295. The van der Waals surface area contributed by atoms with Crippen molar-refractivity contribution in [2.75, 3.05) is 0 Å². The van der Waals surface area contributed by atoms with E-state index in [0.29, 0.717) is 18.4 Å². The van der Waals surface area contributed by atoms with Crippen LogP contribution in [-0.4, -0.2) is 5.78 Å². The van der Waals surface area contributed by atoms with Gasteiger partial charge in [0.2, 0.25) is 0 Å². The smallest absolute Gasteiger partial charge is 0.170 e. The average molecular weight is 266 g/mol. The molecule has 0 bridgehead atoms. The van der Waals surface area contributed by atoms with Crippen molar-refractivity contribution in [2.45, 2.75) is 18.8 Å². The van der Waals surface area contributed by atoms with Crippen LogP contribution in [0, 0.1) is 5.82 Å². The number of fused-ring (bicyclic) bond motifs is 2. The van der Waals surface area contributed by atoms with Gasteiger partial charge in [-0.25, -0.2) is 4.39 Å². The van der Waals surface area contributed by atoms with Crippen LogP contribution in [0.2, 0.25) is 0 Å². The maximum Gasteiger partial charge on any atom is 0.170 e. The van der Waals surface area contributed by atoms with E-state index in [-0.39, 0.29) is 17.5 Å². The van der Waals surface area contributed by atoms with Crippen LogP contribution < -0.4 is 0 Å². The summed E-state index contributed by atoms with van der Waals surface area (Å²) in [5.41, 5.74) is 3.54. The summed E-state index contributed by atoms with van der Waals surface area (Å²) in [7, 11) is 0. The summed E-state index contributed by atoms with van der Waals surface area (Å²) in [6.45, 7) is 3.75. The van der Waals surface area contributed by atoms with Gasteiger partial charge in [-0.15, -0.1) is 6.58 Å². The number of carbonyl (C=O) groups excluding carboxylic acids is 1. The number of halogens is 1. The highest BCUT2D eigenvalue weighted by Gasteiger charge is 2.28. The Hall–Kier alpha value is -2.22. The van der Waals surface area contributed by atoms with Crippen molar-refractivity contribution in [1.82, 2.24) is 0 Å². The van der Waals surface area contributed by atoms with Crippen molar-refractivity contribution < 1.29 is 9.18 Å². The summed E-state index contributed by atoms with van der Waals surface area (Å²) >= 11 is 0. The Labute approximate surface area is 117 Å². The fourth-order valence-electron chi connectivity index (χ4n) is 2.92.